The lowest BCUT2D eigenvalue weighted by molar-refractivity contribution is -0.384. The second-order valence-corrected chi connectivity index (χ2v) is 8.48. The number of aromatic nitrogens is 4. The van der Waals surface area contributed by atoms with Crippen molar-refractivity contribution in [3.05, 3.63) is 94.8 Å². The van der Waals surface area contributed by atoms with Gasteiger partial charge >= 0.3 is 0 Å². The zero-order valence-corrected chi connectivity index (χ0v) is 18.5. The zero-order chi connectivity index (χ0) is 23.2. The van der Waals surface area contributed by atoms with E-state index >= 15 is 0 Å². The molecule has 0 aliphatic carbocycles. The van der Waals surface area contributed by atoms with Crippen molar-refractivity contribution in [2.45, 2.75) is 23.9 Å². The SMILES string of the molecule is CC(Sc1nnc(-c2ccncc2)n1Cc1ccccc1)C(=O)Nc1cccc([N+](=O)[O-])c1. The second-order valence-electron chi connectivity index (χ2n) is 7.17. The van der Waals surface area contributed by atoms with E-state index in [2.05, 4.69) is 20.5 Å². The van der Waals surface area contributed by atoms with E-state index in [1.807, 2.05) is 47.0 Å². The van der Waals surface area contributed by atoms with Crippen LogP contribution in [0.4, 0.5) is 11.4 Å². The van der Waals surface area contributed by atoms with Crippen LogP contribution < -0.4 is 5.32 Å². The molecule has 1 amide bonds. The summed E-state index contributed by atoms with van der Waals surface area (Å²) < 4.78 is 1.96. The Morgan fingerprint density at radius 1 is 1.09 bits per heavy atom. The van der Waals surface area contributed by atoms with Crippen LogP contribution >= 0.6 is 11.8 Å². The molecule has 0 fully saturated rings. The fourth-order valence-electron chi connectivity index (χ4n) is 3.15. The lowest BCUT2D eigenvalue weighted by Crippen LogP contribution is -2.23. The van der Waals surface area contributed by atoms with Crippen molar-refractivity contribution in [1.82, 2.24) is 19.7 Å². The first-order valence-corrected chi connectivity index (χ1v) is 11.0. The molecular weight excluding hydrogens is 440 g/mol. The average molecular weight is 461 g/mol. The van der Waals surface area contributed by atoms with Gasteiger partial charge in [0.05, 0.1) is 16.7 Å². The molecule has 33 heavy (non-hydrogen) atoms. The van der Waals surface area contributed by atoms with Crippen LogP contribution in [-0.4, -0.2) is 35.8 Å². The molecule has 4 aromatic rings. The van der Waals surface area contributed by atoms with Gasteiger partial charge in [-0.1, -0.05) is 48.2 Å². The van der Waals surface area contributed by atoms with E-state index in [0.29, 0.717) is 23.2 Å². The molecule has 10 heteroatoms. The van der Waals surface area contributed by atoms with Gasteiger partial charge in [0, 0.05) is 35.8 Å². The number of benzene rings is 2. The summed E-state index contributed by atoms with van der Waals surface area (Å²) in [7, 11) is 0. The molecule has 1 unspecified atom stereocenters. The third-order valence-corrected chi connectivity index (χ3v) is 5.90. The third-order valence-electron chi connectivity index (χ3n) is 4.81. The minimum atomic E-state index is -0.520. The number of nitrogens with zero attached hydrogens (tertiary/aromatic N) is 5. The molecule has 166 valence electrons. The molecule has 0 saturated heterocycles. The molecule has 9 nitrogen and oxygen atoms in total. The van der Waals surface area contributed by atoms with Crippen LogP contribution in [-0.2, 0) is 11.3 Å². The minimum absolute atomic E-state index is 0.0855. The Morgan fingerprint density at radius 2 is 1.85 bits per heavy atom. The van der Waals surface area contributed by atoms with Gasteiger partial charge in [0.25, 0.3) is 5.69 Å². The van der Waals surface area contributed by atoms with Crippen LogP contribution in [0, 0.1) is 10.1 Å². The second kappa shape index (κ2) is 10.0. The number of carbonyl (C=O) groups is 1. The first kappa shape index (κ1) is 22.2. The number of hydrogen-bond donors (Lipinski definition) is 1. The van der Waals surface area contributed by atoms with Gasteiger partial charge in [0.1, 0.15) is 0 Å². The molecular formula is C23H20N6O3S. The molecule has 1 atom stereocenters. The Bertz CT molecular complexity index is 1260. The number of nitro benzene ring substituents is 1. The van der Waals surface area contributed by atoms with Crippen LogP contribution in [0.15, 0.2) is 84.3 Å². The summed E-state index contributed by atoms with van der Waals surface area (Å²) in [5.74, 6) is 0.385. The smallest absolute Gasteiger partial charge is 0.271 e. The summed E-state index contributed by atoms with van der Waals surface area (Å²) in [5.41, 5.74) is 2.22. The number of nitrogens with one attached hydrogen (secondary N) is 1. The number of amides is 1. The fourth-order valence-corrected chi connectivity index (χ4v) is 4.00. The van der Waals surface area contributed by atoms with Crippen LogP contribution in [0.25, 0.3) is 11.4 Å². The van der Waals surface area contributed by atoms with Crippen LogP contribution in [0.3, 0.4) is 0 Å². The highest BCUT2D eigenvalue weighted by Gasteiger charge is 2.21. The summed E-state index contributed by atoms with van der Waals surface area (Å²) in [6, 6.07) is 19.5. The molecule has 4 rings (SSSR count). The summed E-state index contributed by atoms with van der Waals surface area (Å²) >= 11 is 1.27. The predicted molar refractivity (Wildman–Crippen MR) is 126 cm³/mol. The molecule has 0 bridgehead atoms. The molecule has 0 aliphatic rings. The number of carbonyl (C=O) groups excluding carboxylic acids is 1. The average Bonchev–Trinajstić information content (AvgIpc) is 3.22. The van der Waals surface area contributed by atoms with Gasteiger partial charge in [-0.3, -0.25) is 24.5 Å². The Hall–Kier alpha value is -4.05. The largest absolute Gasteiger partial charge is 0.325 e. The lowest BCUT2D eigenvalue weighted by Gasteiger charge is -2.14. The van der Waals surface area contributed by atoms with Gasteiger partial charge in [-0.15, -0.1) is 10.2 Å². The lowest BCUT2D eigenvalue weighted by atomic mass is 10.2. The van der Waals surface area contributed by atoms with Gasteiger partial charge < -0.3 is 5.32 Å². The first-order valence-electron chi connectivity index (χ1n) is 10.1. The number of thioether (sulfide) groups is 1. The molecule has 0 spiro atoms. The van der Waals surface area contributed by atoms with E-state index in [9.17, 15) is 14.9 Å². The topological polar surface area (TPSA) is 116 Å². The van der Waals surface area contributed by atoms with Crippen molar-refractivity contribution >= 4 is 29.0 Å². The summed E-state index contributed by atoms with van der Waals surface area (Å²) in [6.45, 7) is 2.29. The van der Waals surface area contributed by atoms with Crippen molar-refractivity contribution in [2.24, 2.45) is 0 Å². The standard InChI is InChI=1S/C23H20N6O3S/c1-16(22(30)25-19-8-5-9-20(14-19)29(31)32)33-23-27-26-21(18-10-12-24-13-11-18)28(23)15-17-6-3-2-4-7-17/h2-14,16H,15H2,1H3,(H,25,30). The molecule has 2 heterocycles. The Labute approximate surface area is 194 Å². The van der Waals surface area contributed by atoms with E-state index in [4.69, 9.17) is 0 Å². The maximum atomic E-state index is 12.8. The van der Waals surface area contributed by atoms with Gasteiger partial charge in [0.15, 0.2) is 11.0 Å². The number of nitro groups is 1. The number of non-ortho nitro benzene ring substituents is 1. The van der Waals surface area contributed by atoms with Crippen molar-refractivity contribution in [3.63, 3.8) is 0 Å². The van der Waals surface area contributed by atoms with Crippen molar-refractivity contribution < 1.29 is 9.72 Å². The Kier molecular flexibility index (Phi) is 6.75. The highest BCUT2D eigenvalue weighted by Crippen LogP contribution is 2.28. The number of pyridine rings is 1. The van der Waals surface area contributed by atoms with Gasteiger partial charge in [-0.05, 0) is 30.7 Å². The molecule has 1 N–H and O–H groups in total. The van der Waals surface area contributed by atoms with Crippen molar-refractivity contribution in [1.29, 1.82) is 0 Å². The highest BCUT2D eigenvalue weighted by atomic mass is 32.2. The maximum Gasteiger partial charge on any atom is 0.271 e. The Morgan fingerprint density at radius 3 is 2.58 bits per heavy atom. The third kappa shape index (κ3) is 5.42. The van der Waals surface area contributed by atoms with Crippen molar-refractivity contribution in [2.75, 3.05) is 5.32 Å². The quantitative estimate of drug-likeness (QED) is 0.235. The van der Waals surface area contributed by atoms with E-state index in [1.165, 1.54) is 30.0 Å². The normalized spacial score (nSPS) is 11.7. The van der Waals surface area contributed by atoms with E-state index in [1.54, 1.807) is 25.4 Å². The number of rotatable bonds is 8. The highest BCUT2D eigenvalue weighted by molar-refractivity contribution is 8.00. The maximum absolute atomic E-state index is 12.8. The number of hydrogen-bond acceptors (Lipinski definition) is 7. The van der Waals surface area contributed by atoms with Crippen molar-refractivity contribution in [3.8, 4) is 11.4 Å². The van der Waals surface area contributed by atoms with Crippen LogP contribution in [0.5, 0.6) is 0 Å². The van der Waals surface area contributed by atoms with Crippen LogP contribution in [0.2, 0.25) is 0 Å². The van der Waals surface area contributed by atoms with E-state index in [0.717, 1.165) is 11.1 Å². The van der Waals surface area contributed by atoms with Crippen LogP contribution in [0.1, 0.15) is 12.5 Å². The molecule has 0 radical (unpaired) electrons. The van der Waals surface area contributed by atoms with E-state index in [-0.39, 0.29) is 11.6 Å². The molecule has 2 aromatic carbocycles. The summed E-state index contributed by atoms with van der Waals surface area (Å²) in [4.78, 5) is 27.3. The zero-order valence-electron chi connectivity index (χ0n) is 17.7. The van der Waals surface area contributed by atoms with Gasteiger partial charge in [-0.2, -0.15) is 0 Å². The summed E-state index contributed by atoms with van der Waals surface area (Å²) in [6.07, 6.45) is 3.39. The fraction of sp³-hybridized carbons (Fsp3) is 0.130. The van der Waals surface area contributed by atoms with E-state index < -0.39 is 10.2 Å². The molecule has 0 saturated carbocycles. The predicted octanol–water partition coefficient (Wildman–Crippen LogP) is 4.42. The first-order chi connectivity index (χ1) is 16.0. The Balaban J connectivity index is 1.56. The monoisotopic (exact) mass is 460 g/mol. The van der Waals surface area contributed by atoms with Gasteiger partial charge in [-0.25, -0.2) is 0 Å². The van der Waals surface area contributed by atoms with Gasteiger partial charge in [0.2, 0.25) is 5.91 Å². The summed E-state index contributed by atoms with van der Waals surface area (Å²) in [5, 5.41) is 22.5. The minimum Gasteiger partial charge on any atom is -0.325 e. The molecule has 2 aromatic heterocycles. The number of anilines is 1. The molecule has 0 aliphatic heterocycles.